The van der Waals surface area contributed by atoms with Crippen LogP contribution >= 0.6 is 34.9 Å². The molecular formula is C19H15N3OS3. The molecule has 0 amide bonds. The Bertz CT molecular complexity index is 1060. The summed E-state index contributed by atoms with van der Waals surface area (Å²) in [6.07, 6.45) is 1.97. The number of nitrogens with zero attached hydrogens (tertiary/aromatic N) is 2. The number of thioether (sulfide) groups is 2. The van der Waals surface area contributed by atoms with E-state index < -0.39 is 0 Å². The second-order valence-electron chi connectivity index (χ2n) is 5.54. The van der Waals surface area contributed by atoms with E-state index in [1.807, 2.05) is 60.9 Å². The van der Waals surface area contributed by atoms with Gasteiger partial charge < -0.3 is 4.98 Å². The number of H-pyrrole nitrogens is 1. The molecule has 0 saturated heterocycles. The molecule has 0 radical (unpaired) electrons. The first-order valence-corrected chi connectivity index (χ1v) is 11.0. The number of fused-ring (bicyclic) bond motifs is 1. The lowest BCUT2D eigenvalue weighted by atomic mass is 10.0. The first-order valence-electron chi connectivity index (χ1n) is 7.96. The molecule has 0 aliphatic carbocycles. The highest BCUT2D eigenvalue weighted by molar-refractivity contribution is 8.03. The van der Waals surface area contributed by atoms with E-state index in [1.165, 1.54) is 23.1 Å². The quantitative estimate of drug-likeness (QED) is 0.349. The van der Waals surface area contributed by atoms with E-state index in [9.17, 15) is 4.79 Å². The molecule has 7 heteroatoms. The third kappa shape index (κ3) is 3.42. The number of ketones is 1. The number of Topliss-reactive ketones (excluding diaryl/α,β-unsaturated/α-hetero) is 1. The Morgan fingerprint density at radius 3 is 2.54 bits per heavy atom. The topological polar surface area (TPSA) is 58.6 Å². The van der Waals surface area contributed by atoms with Gasteiger partial charge in [0.25, 0.3) is 0 Å². The van der Waals surface area contributed by atoms with Gasteiger partial charge in [0, 0.05) is 10.9 Å². The molecule has 4 rings (SSSR count). The van der Waals surface area contributed by atoms with Gasteiger partial charge in [0.2, 0.25) is 0 Å². The SMILES string of the molecule is CSc1nnc(SCC(=O)c2c(-c3ccccc3)[nH]c3ccccc23)s1. The highest BCUT2D eigenvalue weighted by atomic mass is 32.2. The van der Waals surface area contributed by atoms with Gasteiger partial charge in [0.05, 0.1) is 17.0 Å². The predicted octanol–water partition coefficient (Wildman–Crippen LogP) is 5.38. The van der Waals surface area contributed by atoms with Gasteiger partial charge in [-0.3, -0.25) is 4.79 Å². The fourth-order valence-corrected chi connectivity index (χ4v) is 5.10. The molecule has 2 aromatic carbocycles. The minimum Gasteiger partial charge on any atom is -0.354 e. The maximum atomic E-state index is 13.1. The van der Waals surface area contributed by atoms with E-state index in [4.69, 9.17) is 0 Å². The van der Waals surface area contributed by atoms with E-state index in [2.05, 4.69) is 15.2 Å². The molecule has 1 N–H and O–H groups in total. The standard InChI is InChI=1S/C19H15N3OS3/c1-24-18-21-22-19(26-18)25-11-15(23)16-13-9-5-6-10-14(13)20-17(16)12-7-3-2-4-8-12/h2-10,20H,11H2,1H3. The van der Waals surface area contributed by atoms with Gasteiger partial charge in [-0.05, 0) is 17.9 Å². The van der Waals surface area contributed by atoms with Crippen LogP contribution in [0.5, 0.6) is 0 Å². The van der Waals surface area contributed by atoms with Crippen molar-refractivity contribution in [2.75, 3.05) is 12.0 Å². The van der Waals surface area contributed by atoms with Crippen molar-refractivity contribution in [3.63, 3.8) is 0 Å². The number of nitrogens with one attached hydrogen (secondary N) is 1. The maximum absolute atomic E-state index is 13.1. The highest BCUT2D eigenvalue weighted by Crippen LogP contribution is 2.33. The zero-order valence-corrected chi connectivity index (χ0v) is 16.4. The lowest BCUT2D eigenvalue weighted by molar-refractivity contribution is 0.102. The fraction of sp³-hybridized carbons (Fsp3) is 0.105. The van der Waals surface area contributed by atoms with Crippen LogP contribution in [0.3, 0.4) is 0 Å². The Hall–Kier alpha value is -2.09. The number of hydrogen-bond donors (Lipinski definition) is 1. The van der Waals surface area contributed by atoms with Crippen molar-refractivity contribution in [3.05, 3.63) is 60.2 Å². The molecule has 0 spiro atoms. The van der Waals surface area contributed by atoms with Crippen molar-refractivity contribution < 1.29 is 4.79 Å². The summed E-state index contributed by atoms with van der Waals surface area (Å²) in [5, 5.41) is 9.17. The van der Waals surface area contributed by atoms with Gasteiger partial charge in [-0.15, -0.1) is 10.2 Å². The molecule has 130 valence electrons. The van der Waals surface area contributed by atoms with Crippen LogP contribution in [0.25, 0.3) is 22.2 Å². The number of aromatic amines is 1. The van der Waals surface area contributed by atoms with Crippen LogP contribution in [0.4, 0.5) is 0 Å². The molecule has 0 bridgehead atoms. The summed E-state index contributed by atoms with van der Waals surface area (Å²) in [5.41, 5.74) is 3.60. The normalized spacial score (nSPS) is 11.1. The van der Waals surface area contributed by atoms with Crippen molar-refractivity contribution in [1.29, 1.82) is 0 Å². The van der Waals surface area contributed by atoms with Gasteiger partial charge in [-0.2, -0.15) is 0 Å². The Morgan fingerprint density at radius 2 is 1.77 bits per heavy atom. The largest absolute Gasteiger partial charge is 0.354 e. The lowest BCUT2D eigenvalue weighted by Crippen LogP contribution is -2.03. The first-order chi connectivity index (χ1) is 12.8. The van der Waals surface area contributed by atoms with Crippen LogP contribution in [0, 0.1) is 0 Å². The summed E-state index contributed by atoms with van der Waals surface area (Å²) in [6, 6.07) is 17.9. The summed E-state index contributed by atoms with van der Waals surface area (Å²) >= 11 is 4.53. The summed E-state index contributed by atoms with van der Waals surface area (Å²) < 4.78 is 1.74. The van der Waals surface area contributed by atoms with E-state index in [0.29, 0.717) is 5.75 Å². The molecule has 4 aromatic rings. The van der Waals surface area contributed by atoms with Crippen LogP contribution in [-0.4, -0.2) is 33.0 Å². The first kappa shape index (κ1) is 17.3. The fourth-order valence-electron chi connectivity index (χ4n) is 2.79. The highest BCUT2D eigenvalue weighted by Gasteiger charge is 2.20. The number of hydrogen-bond acceptors (Lipinski definition) is 6. The van der Waals surface area contributed by atoms with Crippen LogP contribution in [-0.2, 0) is 0 Å². The number of rotatable bonds is 6. The van der Waals surface area contributed by atoms with E-state index >= 15 is 0 Å². The van der Waals surface area contributed by atoms with Crippen LogP contribution in [0.2, 0.25) is 0 Å². The van der Waals surface area contributed by atoms with Crippen molar-refractivity contribution in [3.8, 4) is 11.3 Å². The maximum Gasteiger partial charge on any atom is 0.175 e. The molecule has 2 heterocycles. The summed E-state index contributed by atoms with van der Waals surface area (Å²) in [6.45, 7) is 0. The molecule has 26 heavy (non-hydrogen) atoms. The number of carbonyl (C=O) groups is 1. The second kappa shape index (κ2) is 7.65. The van der Waals surface area contributed by atoms with Crippen LogP contribution < -0.4 is 0 Å². The molecule has 2 aromatic heterocycles. The number of aromatic nitrogens is 3. The Labute approximate surface area is 163 Å². The Balaban J connectivity index is 1.68. The Kier molecular flexibility index (Phi) is 5.10. The van der Waals surface area contributed by atoms with Gasteiger partial charge in [0.1, 0.15) is 0 Å². The van der Waals surface area contributed by atoms with Crippen molar-refractivity contribution in [2.24, 2.45) is 0 Å². The average Bonchev–Trinajstić information content (AvgIpc) is 3.31. The zero-order chi connectivity index (χ0) is 17.9. The molecule has 0 unspecified atom stereocenters. The van der Waals surface area contributed by atoms with Gasteiger partial charge >= 0.3 is 0 Å². The number of para-hydroxylation sites is 1. The lowest BCUT2D eigenvalue weighted by Gasteiger charge is -2.04. The van der Waals surface area contributed by atoms with Gasteiger partial charge in [-0.1, -0.05) is 83.4 Å². The molecule has 0 fully saturated rings. The van der Waals surface area contributed by atoms with Crippen LogP contribution in [0.15, 0.2) is 63.3 Å². The molecule has 0 saturated carbocycles. The van der Waals surface area contributed by atoms with Crippen molar-refractivity contribution >= 4 is 51.5 Å². The van der Waals surface area contributed by atoms with E-state index in [0.717, 1.165) is 36.4 Å². The third-order valence-corrected chi connectivity index (χ3v) is 6.97. The number of carbonyl (C=O) groups excluding carboxylic acids is 1. The molecule has 0 aliphatic heterocycles. The molecule has 0 aliphatic rings. The predicted molar refractivity (Wildman–Crippen MR) is 110 cm³/mol. The Morgan fingerprint density at radius 1 is 1.04 bits per heavy atom. The van der Waals surface area contributed by atoms with Crippen molar-refractivity contribution in [1.82, 2.24) is 15.2 Å². The van der Waals surface area contributed by atoms with E-state index in [-0.39, 0.29) is 5.78 Å². The van der Waals surface area contributed by atoms with Gasteiger partial charge in [-0.25, -0.2) is 0 Å². The van der Waals surface area contributed by atoms with Crippen molar-refractivity contribution in [2.45, 2.75) is 8.68 Å². The second-order valence-corrected chi connectivity index (χ2v) is 8.79. The van der Waals surface area contributed by atoms with E-state index in [1.54, 1.807) is 11.8 Å². The zero-order valence-electron chi connectivity index (χ0n) is 13.9. The van der Waals surface area contributed by atoms with Crippen LogP contribution in [0.1, 0.15) is 10.4 Å². The molecule has 4 nitrogen and oxygen atoms in total. The smallest absolute Gasteiger partial charge is 0.175 e. The third-order valence-electron chi connectivity index (χ3n) is 3.94. The summed E-state index contributed by atoms with van der Waals surface area (Å²) in [4.78, 5) is 16.5. The van der Waals surface area contributed by atoms with Gasteiger partial charge in [0.15, 0.2) is 14.5 Å². The molecule has 0 atom stereocenters. The minimum absolute atomic E-state index is 0.0900. The minimum atomic E-state index is 0.0900. The summed E-state index contributed by atoms with van der Waals surface area (Å²) in [7, 11) is 0. The summed E-state index contributed by atoms with van der Waals surface area (Å²) in [5.74, 6) is 0.428. The molecular weight excluding hydrogens is 382 g/mol. The average molecular weight is 398 g/mol. The number of benzene rings is 2. The monoisotopic (exact) mass is 397 g/mol.